The van der Waals surface area contributed by atoms with E-state index < -0.39 is 25.8 Å². The van der Waals surface area contributed by atoms with Crippen LogP contribution in [-0.2, 0) is 20.4 Å². The summed E-state index contributed by atoms with van der Waals surface area (Å²) in [6.07, 6.45) is 5.29. The van der Waals surface area contributed by atoms with Gasteiger partial charge in [-0.05, 0) is 0 Å². The summed E-state index contributed by atoms with van der Waals surface area (Å²) < 4.78 is 1.45. The Labute approximate surface area is 241 Å². The molecule has 2 aromatic rings. The Morgan fingerprint density at radius 3 is 1.22 bits per heavy atom. The number of benzene rings is 2. The molecule has 194 valence electrons. The molecular formula is C32H44Cl2SiZr. The van der Waals surface area contributed by atoms with Crippen LogP contribution in [0.2, 0.25) is 13.1 Å². The molecule has 0 saturated carbocycles. The molecular weight excluding hydrogens is 575 g/mol. The Balaban J connectivity index is 0.00000228. The van der Waals surface area contributed by atoms with Gasteiger partial charge in [-0.25, -0.2) is 0 Å². The van der Waals surface area contributed by atoms with Gasteiger partial charge < -0.3 is 24.8 Å². The van der Waals surface area contributed by atoms with Crippen molar-refractivity contribution in [3.8, 4) is 0 Å². The van der Waals surface area contributed by atoms with Gasteiger partial charge in [0, 0.05) is 0 Å². The molecule has 0 amide bonds. The number of hydrogen-bond donors (Lipinski definition) is 0. The zero-order valence-electron chi connectivity index (χ0n) is 23.8. The van der Waals surface area contributed by atoms with Crippen LogP contribution in [0.5, 0.6) is 0 Å². The maximum Gasteiger partial charge on any atom is -1.00 e. The summed E-state index contributed by atoms with van der Waals surface area (Å²) in [7, 11) is 0. The summed E-state index contributed by atoms with van der Waals surface area (Å²) in [4.78, 5) is 0. The average molecular weight is 619 g/mol. The van der Waals surface area contributed by atoms with Crippen LogP contribution >= 0.6 is 0 Å². The van der Waals surface area contributed by atoms with Crippen molar-refractivity contribution in [3.63, 3.8) is 0 Å². The van der Waals surface area contributed by atoms with Gasteiger partial charge in [-0.2, -0.15) is 0 Å². The smallest absolute Gasteiger partial charge is 1.00 e. The first kappa shape index (κ1) is 31.8. The standard InChI is InChI=1S/2C15H19.C2H6Si.2ClH.Zr/c2*1-10(2)13-8-12-6-5-7-14(11(3)4)15(12)9-13;1-3-2;;;/h2*5-11H,1-4H3;1-2H3;2*1H;/q;;;;;+2/p-2. The quantitative estimate of drug-likeness (QED) is 0.434. The van der Waals surface area contributed by atoms with Gasteiger partial charge in [0.1, 0.15) is 0 Å². The molecule has 2 unspecified atom stereocenters. The van der Waals surface area contributed by atoms with Crippen molar-refractivity contribution >= 4 is 17.6 Å². The molecule has 0 spiro atoms. The van der Waals surface area contributed by atoms with Crippen molar-refractivity contribution in [2.75, 3.05) is 0 Å². The zero-order chi connectivity index (χ0) is 24.9. The molecule has 0 N–H and O–H groups in total. The van der Waals surface area contributed by atoms with E-state index in [1.54, 1.807) is 44.5 Å². The minimum Gasteiger partial charge on any atom is -1.00 e. The Hall–Kier alpha value is -0.400. The normalized spacial score (nSPS) is 17.8. The fourth-order valence-corrected chi connectivity index (χ4v) is 27.3. The first-order chi connectivity index (χ1) is 16.0. The molecule has 4 rings (SSSR count). The average Bonchev–Trinajstić information content (AvgIpc) is 3.33. The van der Waals surface area contributed by atoms with E-state index in [9.17, 15) is 0 Å². The van der Waals surface area contributed by atoms with E-state index in [2.05, 4.69) is 117 Å². The van der Waals surface area contributed by atoms with E-state index in [0.29, 0.717) is 23.7 Å². The summed E-state index contributed by atoms with van der Waals surface area (Å²) in [5.41, 5.74) is 12.7. The molecule has 2 aliphatic carbocycles. The molecule has 4 heteroatoms. The topological polar surface area (TPSA) is 0 Å². The van der Waals surface area contributed by atoms with Crippen molar-refractivity contribution in [2.45, 2.75) is 87.6 Å². The summed E-state index contributed by atoms with van der Waals surface area (Å²) in [6, 6.07) is 14.5. The number of allylic oxidation sites excluding steroid dienone is 2. The van der Waals surface area contributed by atoms with Gasteiger partial charge in [0.05, 0.1) is 0 Å². The fraction of sp³-hybridized carbons (Fsp3) is 0.500. The predicted molar refractivity (Wildman–Crippen MR) is 150 cm³/mol. The number of fused-ring (bicyclic) bond motifs is 2. The van der Waals surface area contributed by atoms with Crippen LogP contribution in [0.25, 0.3) is 12.2 Å². The SMILES string of the molecule is CC(C)C1=Cc2c(C(C)C)cccc2[CH]1[Zr+2]([CH]1C(C(C)C)=Cc2c(C(C)C)cccc21)=[Si](C)C.[Cl-].[Cl-]. The molecule has 0 fully saturated rings. The van der Waals surface area contributed by atoms with Crippen molar-refractivity contribution < 1.29 is 45.2 Å². The van der Waals surface area contributed by atoms with Gasteiger partial charge in [0.2, 0.25) is 0 Å². The second-order valence-electron chi connectivity index (χ2n) is 11.9. The molecule has 0 nitrogen and oxygen atoms in total. The van der Waals surface area contributed by atoms with E-state index >= 15 is 0 Å². The van der Waals surface area contributed by atoms with E-state index in [0.717, 1.165) is 7.25 Å². The second-order valence-corrected chi connectivity index (χ2v) is 29.8. The Bertz CT molecular complexity index is 1110. The third-order valence-electron chi connectivity index (χ3n) is 8.03. The van der Waals surface area contributed by atoms with Gasteiger partial charge in [-0.3, -0.25) is 0 Å². The van der Waals surface area contributed by atoms with Crippen LogP contribution in [0.15, 0.2) is 47.5 Å². The van der Waals surface area contributed by atoms with Crippen LogP contribution < -0.4 is 24.8 Å². The summed E-state index contributed by atoms with van der Waals surface area (Å²) >= 11 is -2.05. The van der Waals surface area contributed by atoms with E-state index in [-0.39, 0.29) is 24.8 Å². The largest absolute Gasteiger partial charge is 1.00 e. The van der Waals surface area contributed by atoms with E-state index in [1.165, 1.54) is 0 Å². The molecule has 2 aliphatic rings. The molecule has 0 radical (unpaired) electrons. The molecule has 2 atom stereocenters. The van der Waals surface area contributed by atoms with Crippen molar-refractivity contribution in [1.29, 1.82) is 0 Å². The molecule has 2 aromatic carbocycles. The van der Waals surface area contributed by atoms with Crippen molar-refractivity contribution in [1.82, 2.24) is 0 Å². The van der Waals surface area contributed by atoms with Gasteiger partial charge in [-0.1, -0.05) is 0 Å². The molecule has 0 heterocycles. The van der Waals surface area contributed by atoms with Gasteiger partial charge in [0.15, 0.2) is 0 Å². The first-order valence-corrected chi connectivity index (χ1v) is 22.4. The number of rotatable bonds is 6. The number of halogens is 2. The van der Waals surface area contributed by atoms with Crippen molar-refractivity contribution in [2.24, 2.45) is 11.8 Å². The maximum atomic E-state index is 2.66. The summed E-state index contributed by atoms with van der Waals surface area (Å²) in [5.74, 6) is 2.38. The van der Waals surface area contributed by atoms with Gasteiger partial charge >= 0.3 is 218 Å². The summed E-state index contributed by atoms with van der Waals surface area (Å²) in [5, 5.41) is 0. The van der Waals surface area contributed by atoms with Crippen LogP contribution in [0.3, 0.4) is 0 Å². The first-order valence-electron chi connectivity index (χ1n) is 13.4. The molecule has 0 bridgehead atoms. The van der Waals surface area contributed by atoms with Crippen LogP contribution in [0.1, 0.15) is 108 Å². The second kappa shape index (κ2) is 12.6. The van der Waals surface area contributed by atoms with Crippen LogP contribution in [0, 0.1) is 11.8 Å². The third kappa shape index (κ3) is 5.64. The third-order valence-corrected chi connectivity index (χ3v) is 27.3. The van der Waals surface area contributed by atoms with Gasteiger partial charge in [0.25, 0.3) is 0 Å². The Morgan fingerprint density at radius 2 is 0.944 bits per heavy atom. The van der Waals surface area contributed by atoms with Crippen LogP contribution in [-0.4, -0.2) is 5.43 Å². The maximum absolute atomic E-state index is 2.66. The Kier molecular flexibility index (Phi) is 11.2. The van der Waals surface area contributed by atoms with Crippen molar-refractivity contribution in [3.05, 3.63) is 80.9 Å². The van der Waals surface area contributed by atoms with E-state index in [1.807, 2.05) is 0 Å². The minimum atomic E-state index is -2.05. The molecule has 0 aromatic heterocycles. The Morgan fingerprint density at radius 1 is 0.583 bits per heavy atom. The van der Waals surface area contributed by atoms with Gasteiger partial charge in [-0.15, -0.1) is 0 Å². The fourth-order valence-electron chi connectivity index (χ4n) is 6.34. The summed E-state index contributed by atoms with van der Waals surface area (Å²) in [6.45, 7) is 24.5. The molecule has 0 aliphatic heterocycles. The molecule has 0 saturated heterocycles. The minimum absolute atomic E-state index is 0. The van der Waals surface area contributed by atoms with Crippen LogP contribution in [0.4, 0.5) is 0 Å². The molecule has 36 heavy (non-hydrogen) atoms. The monoisotopic (exact) mass is 616 g/mol. The predicted octanol–water partition coefficient (Wildman–Crippen LogP) is 3.70. The van der Waals surface area contributed by atoms with E-state index in [4.69, 9.17) is 0 Å². The zero-order valence-corrected chi connectivity index (χ0v) is 28.8. The number of hydrogen-bond acceptors (Lipinski definition) is 0.